The molecule has 33 heavy (non-hydrogen) atoms. The summed E-state index contributed by atoms with van der Waals surface area (Å²) in [6.45, 7) is 2.52. The quantitative estimate of drug-likeness (QED) is 0.346. The van der Waals surface area contributed by atoms with E-state index in [0.717, 1.165) is 16.5 Å². The standard InChI is InChI=1S/C24H22ClN5O2S/c1-2-30-21(14-22(31)27-20-10-6-5-9-19(20)25)28-29-24(30)33-15-23(32)26-18-12-11-16-7-3-4-8-17(16)13-18/h3-13H,2,14-15H2,1H3,(H,26,32)(H,27,31). The molecule has 0 fully saturated rings. The van der Waals surface area contributed by atoms with E-state index in [2.05, 4.69) is 20.8 Å². The van der Waals surface area contributed by atoms with Crippen LogP contribution in [0.25, 0.3) is 10.8 Å². The summed E-state index contributed by atoms with van der Waals surface area (Å²) in [5.41, 5.74) is 1.29. The van der Waals surface area contributed by atoms with Crippen LogP contribution in [0.4, 0.5) is 11.4 Å². The lowest BCUT2D eigenvalue weighted by atomic mass is 10.1. The Morgan fingerprint density at radius 1 is 0.939 bits per heavy atom. The third-order valence-electron chi connectivity index (χ3n) is 4.94. The number of anilines is 2. The van der Waals surface area contributed by atoms with E-state index < -0.39 is 0 Å². The van der Waals surface area contributed by atoms with E-state index in [0.29, 0.717) is 28.2 Å². The molecule has 0 spiro atoms. The average molecular weight is 480 g/mol. The number of rotatable bonds is 8. The minimum atomic E-state index is -0.240. The highest BCUT2D eigenvalue weighted by Gasteiger charge is 2.16. The highest BCUT2D eigenvalue weighted by molar-refractivity contribution is 7.99. The zero-order valence-electron chi connectivity index (χ0n) is 17.9. The molecule has 168 valence electrons. The van der Waals surface area contributed by atoms with Gasteiger partial charge in [-0.25, -0.2) is 0 Å². The van der Waals surface area contributed by atoms with Gasteiger partial charge in [0, 0.05) is 12.2 Å². The van der Waals surface area contributed by atoms with Crippen molar-refractivity contribution in [2.75, 3.05) is 16.4 Å². The average Bonchev–Trinajstić information content (AvgIpc) is 3.20. The molecular weight excluding hydrogens is 458 g/mol. The Bertz CT molecular complexity index is 1310. The van der Waals surface area contributed by atoms with Crippen molar-refractivity contribution in [3.05, 3.63) is 77.6 Å². The molecule has 0 bridgehead atoms. The number of aromatic nitrogens is 3. The third-order valence-corrected chi connectivity index (χ3v) is 6.24. The van der Waals surface area contributed by atoms with Gasteiger partial charge in [0.2, 0.25) is 11.8 Å². The minimum Gasteiger partial charge on any atom is -0.325 e. The van der Waals surface area contributed by atoms with Gasteiger partial charge in [-0.3, -0.25) is 9.59 Å². The molecule has 0 saturated heterocycles. The summed E-state index contributed by atoms with van der Waals surface area (Å²) in [4.78, 5) is 24.9. The van der Waals surface area contributed by atoms with Gasteiger partial charge in [-0.15, -0.1) is 10.2 Å². The van der Waals surface area contributed by atoms with Crippen molar-refractivity contribution in [1.29, 1.82) is 0 Å². The molecule has 0 radical (unpaired) electrons. The van der Waals surface area contributed by atoms with E-state index in [-0.39, 0.29) is 24.0 Å². The number of hydrogen-bond donors (Lipinski definition) is 2. The third kappa shape index (κ3) is 5.71. The number of para-hydroxylation sites is 1. The smallest absolute Gasteiger partial charge is 0.234 e. The van der Waals surface area contributed by atoms with Crippen LogP contribution in [0, 0.1) is 0 Å². The molecule has 9 heteroatoms. The van der Waals surface area contributed by atoms with E-state index in [1.54, 1.807) is 24.3 Å². The molecule has 0 aliphatic heterocycles. The molecule has 1 aromatic heterocycles. The van der Waals surface area contributed by atoms with Crippen LogP contribution in [0.5, 0.6) is 0 Å². The zero-order chi connectivity index (χ0) is 23.2. The van der Waals surface area contributed by atoms with Crippen molar-refractivity contribution in [3.63, 3.8) is 0 Å². The maximum atomic E-state index is 12.5. The van der Waals surface area contributed by atoms with Crippen LogP contribution in [-0.2, 0) is 22.6 Å². The first-order valence-corrected chi connectivity index (χ1v) is 11.8. The Kier molecular flexibility index (Phi) is 7.26. The molecule has 3 aromatic carbocycles. The van der Waals surface area contributed by atoms with Crippen molar-refractivity contribution in [2.45, 2.75) is 25.0 Å². The number of thioether (sulfide) groups is 1. The van der Waals surface area contributed by atoms with Gasteiger partial charge in [-0.2, -0.15) is 0 Å². The minimum absolute atomic E-state index is 0.0515. The van der Waals surface area contributed by atoms with Crippen molar-refractivity contribution in [3.8, 4) is 0 Å². The number of carbonyl (C=O) groups excluding carboxylic acids is 2. The molecule has 0 saturated carbocycles. The van der Waals surface area contributed by atoms with Crippen LogP contribution < -0.4 is 10.6 Å². The molecule has 7 nitrogen and oxygen atoms in total. The Balaban J connectivity index is 1.35. The summed E-state index contributed by atoms with van der Waals surface area (Å²) in [6, 6.07) is 20.8. The summed E-state index contributed by atoms with van der Waals surface area (Å²) in [5.74, 6) is 0.325. The van der Waals surface area contributed by atoms with E-state index >= 15 is 0 Å². The van der Waals surface area contributed by atoms with Crippen LogP contribution in [0.15, 0.2) is 71.9 Å². The van der Waals surface area contributed by atoms with Gasteiger partial charge in [0.1, 0.15) is 5.82 Å². The van der Waals surface area contributed by atoms with Crippen LogP contribution in [0.3, 0.4) is 0 Å². The van der Waals surface area contributed by atoms with Gasteiger partial charge in [-0.1, -0.05) is 65.8 Å². The molecular formula is C24H22ClN5O2S. The van der Waals surface area contributed by atoms with Crippen LogP contribution >= 0.6 is 23.4 Å². The summed E-state index contributed by atoms with van der Waals surface area (Å²) in [6.07, 6.45) is 0.0515. The van der Waals surface area contributed by atoms with E-state index in [9.17, 15) is 9.59 Å². The van der Waals surface area contributed by atoms with Gasteiger partial charge in [0.25, 0.3) is 0 Å². The molecule has 4 aromatic rings. The summed E-state index contributed by atoms with van der Waals surface area (Å²) >= 11 is 7.38. The van der Waals surface area contributed by atoms with Crippen molar-refractivity contribution >= 4 is 57.3 Å². The van der Waals surface area contributed by atoms with E-state index in [1.807, 2.05) is 54.0 Å². The molecule has 2 N–H and O–H groups in total. The molecule has 0 atom stereocenters. The molecule has 0 aliphatic rings. The van der Waals surface area contributed by atoms with Crippen molar-refractivity contribution in [2.24, 2.45) is 0 Å². The second-order valence-corrected chi connectivity index (χ2v) is 8.60. The monoisotopic (exact) mass is 479 g/mol. The van der Waals surface area contributed by atoms with Crippen LogP contribution in [0.1, 0.15) is 12.7 Å². The van der Waals surface area contributed by atoms with E-state index in [1.165, 1.54) is 11.8 Å². The normalized spacial score (nSPS) is 10.8. The van der Waals surface area contributed by atoms with Gasteiger partial charge < -0.3 is 15.2 Å². The molecule has 1 heterocycles. The number of fused-ring (bicyclic) bond motifs is 1. The Morgan fingerprint density at radius 2 is 1.70 bits per heavy atom. The lowest BCUT2D eigenvalue weighted by Gasteiger charge is -2.09. The second-order valence-electron chi connectivity index (χ2n) is 7.25. The highest BCUT2D eigenvalue weighted by Crippen LogP contribution is 2.22. The summed E-state index contributed by atoms with van der Waals surface area (Å²) < 4.78 is 1.83. The predicted molar refractivity (Wildman–Crippen MR) is 133 cm³/mol. The first kappa shape index (κ1) is 22.8. The maximum absolute atomic E-state index is 12.5. The molecule has 2 amide bonds. The topological polar surface area (TPSA) is 88.9 Å². The van der Waals surface area contributed by atoms with Crippen LogP contribution in [-0.4, -0.2) is 32.3 Å². The lowest BCUT2D eigenvalue weighted by Crippen LogP contribution is -2.18. The lowest BCUT2D eigenvalue weighted by molar-refractivity contribution is -0.116. The largest absolute Gasteiger partial charge is 0.325 e. The fraction of sp³-hybridized carbons (Fsp3) is 0.167. The van der Waals surface area contributed by atoms with Gasteiger partial charge >= 0.3 is 0 Å². The van der Waals surface area contributed by atoms with Gasteiger partial charge in [0.15, 0.2) is 5.16 Å². The summed E-state index contributed by atoms with van der Waals surface area (Å²) in [7, 11) is 0. The van der Waals surface area contributed by atoms with Crippen LogP contribution in [0.2, 0.25) is 5.02 Å². The summed E-state index contributed by atoms with van der Waals surface area (Å²) in [5, 5.41) is 17.3. The zero-order valence-corrected chi connectivity index (χ0v) is 19.5. The van der Waals surface area contributed by atoms with E-state index in [4.69, 9.17) is 11.6 Å². The number of carbonyl (C=O) groups is 2. The second kappa shape index (κ2) is 10.5. The fourth-order valence-electron chi connectivity index (χ4n) is 3.37. The molecule has 4 rings (SSSR count). The number of nitrogens with zero attached hydrogens (tertiary/aromatic N) is 3. The number of amides is 2. The number of nitrogens with one attached hydrogen (secondary N) is 2. The fourth-order valence-corrected chi connectivity index (χ4v) is 4.37. The Hall–Kier alpha value is -3.36. The Morgan fingerprint density at radius 3 is 2.48 bits per heavy atom. The highest BCUT2D eigenvalue weighted by atomic mass is 35.5. The first-order valence-electron chi connectivity index (χ1n) is 10.4. The predicted octanol–water partition coefficient (Wildman–Crippen LogP) is 5.02. The molecule has 0 aliphatic carbocycles. The van der Waals surface area contributed by atoms with Crippen molar-refractivity contribution < 1.29 is 9.59 Å². The van der Waals surface area contributed by atoms with Crippen molar-refractivity contribution in [1.82, 2.24) is 14.8 Å². The number of hydrogen-bond acceptors (Lipinski definition) is 5. The Labute approximate surface area is 200 Å². The van der Waals surface area contributed by atoms with Gasteiger partial charge in [0.05, 0.1) is 22.9 Å². The maximum Gasteiger partial charge on any atom is 0.234 e. The molecule has 0 unspecified atom stereocenters. The number of benzene rings is 3. The SMILES string of the molecule is CCn1c(CC(=O)Nc2ccccc2Cl)nnc1SCC(=O)Nc1ccc2ccccc2c1. The van der Waals surface area contributed by atoms with Gasteiger partial charge in [-0.05, 0) is 42.0 Å². The first-order chi connectivity index (χ1) is 16.0. The number of halogens is 1.